The Bertz CT molecular complexity index is 1430. The molecule has 11 heteroatoms. The van der Waals surface area contributed by atoms with Gasteiger partial charge < -0.3 is 9.47 Å². The van der Waals surface area contributed by atoms with Crippen molar-refractivity contribution < 1.29 is 22.7 Å². The maximum atomic E-state index is 12.6. The average molecular weight is 609 g/mol. The molecule has 0 unspecified atom stereocenters. The van der Waals surface area contributed by atoms with Gasteiger partial charge in [0.2, 0.25) is 10.0 Å². The fourth-order valence-corrected chi connectivity index (χ4v) is 5.10. The van der Waals surface area contributed by atoms with Crippen LogP contribution in [0.25, 0.3) is 0 Å². The van der Waals surface area contributed by atoms with E-state index in [0.717, 1.165) is 27.3 Å². The lowest BCUT2D eigenvalue weighted by Crippen LogP contribution is -2.39. The van der Waals surface area contributed by atoms with E-state index in [1.807, 2.05) is 37.3 Å². The van der Waals surface area contributed by atoms with Crippen molar-refractivity contribution in [3.05, 3.63) is 86.3 Å². The highest BCUT2D eigenvalue weighted by Crippen LogP contribution is 2.37. The van der Waals surface area contributed by atoms with E-state index in [1.54, 1.807) is 31.2 Å². The summed E-state index contributed by atoms with van der Waals surface area (Å²) in [6.45, 7) is 3.47. The topological polar surface area (TPSA) is 97.3 Å². The first-order valence-electron chi connectivity index (χ1n) is 11.1. The summed E-state index contributed by atoms with van der Waals surface area (Å²) in [4.78, 5) is 12.6. The molecule has 37 heavy (non-hydrogen) atoms. The third-order valence-corrected chi connectivity index (χ3v) is 7.39. The number of halogens is 2. The van der Waals surface area contributed by atoms with Crippen LogP contribution in [0.3, 0.4) is 0 Å². The summed E-state index contributed by atoms with van der Waals surface area (Å²) in [5.74, 6) is 0.349. The Morgan fingerprint density at radius 1 is 1.16 bits per heavy atom. The zero-order valence-corrected chi connectivity index (χ0v) is 23.9. The van der Waals surface area contributed by atoms with Crippen LogP contribution >= 0.6 is 27.5 Å². The Morgan fingerprint density at radius 2 is 1.89 bits per heavy atom. The Balaban J connectivity index is 1.71. The zero-order chi connectivity index (χ0) is 27.2. The van der Waals surface area contributed by atoms with E-state index in [9.17, 15) is 13.2 Å². The van der Waals surface area contributed by atoms with Crippen LogP contribution in [-0.4, -0.2) is 40.4 Å². The number of nitrogens with zero attached hydrogens (tertiary/aromatic N) is 2. The van der Waals surface area contributed by atoms with Gasteiger partial charge in [0.05, 0.1) is 29.7 Å². The third kappa shape index (κ3) is 7.70. The summed E-state index contributed by atoms with van der Waals surface area (Å²) < 4.78 is 37.9. The van der Waals surface area contributed by atoms with E-state index in [-0.39, 0.29) is 6.61 Å². The molecule has 0 radical (unpaired) electrons. The van der Waals surface area contributed by atoms with Gasteiger partial charge in [0.25, 0.3) is 5.91 Å². The van der Waals surface area contributed by atoms with Gasteiger partial charge in [-0.15, -0.1) is 0 Å². The third-order valence-electron chi connectivity index (χ3n) is 5.31. The number of hydrogen-bond donors (Lipinski definition) is 1. The molecule has 0 fully saturated rings. The van der Waals surface area contributed by atoms with E-state index in [2.05, 4.69) is 26.5 Å². The van der Waals surface area contributed by atoms with Crippen LogP contribution in [-0.2, 0) is 21.4 Å². The van der Waals surface area contributed by atoms with Gasteiger partial charge in [0, 0.05) is 10.6 Å². The van der Waals surface area contributed by atoms with Crippen LogP contribution < -0.4 is 19.2 Å². The van der Waals surface area contributed by atoms with Crippen LogP contribution in [0.15, 0.2) is 64.2 Å². The molecule has 0 spiro atoms. The SMILES string of the molecule is COc1cc(/C=N\NC(=O)CN(c2cc(C)ccc2C)S(C)(=O)=O)cc(Br)c1OCc1ccccc1Cl. The van der Waals surface area contributed by atoms with E-state index in [1.165, 1.54) is 13.3 Å². The first kappa shape index (κ1) is 28.5. The molecule has 1 amide bonds. The van der Waals surface area contributed by atoms with Crippen LogP contribution in [0.4, 0.5) is 5.69 Å². The van der Waals surface area contributed by atoms with Crippen molar-refractivity contribution in [2.24, 2.45) is 5.10 Å². The van der Waals surface area contributed by atoms with Gasteiger partial charge in [-0.05, 0) is 70.7 Å². The number of rotatable bonds is 10. The molecular weight excluding hydrogens is 582 g/mol. The summed E-state index contributed by atoms with van der Waals surface area (Å²) in [5, 5.41) is 4.58. The smallest absolute Gasteiger partial charge is 0.260 e. The Labute approximate surface area is 230 Å². The van der Waals surface area contributed by atoms with Crippen molar-refractivity contribution in [3.63, 3.8) is 0 Å². The van der Waals surface area contributed by atoms with E-state index < -0.39 is 22.5 Å². The molecule has 3 aromatic carbocycles. The van der Waals surface area contributed by atoms with Crippen molar-refractivity contribution in [3.8, 4) is 11.5 Å². The lowest BCUT2D eigenvalue weighted by molar-refractivity contribution is -0.119. The summed E-state index contributed by atoms with van der Waals surface area (Å²) in [5.41, 5.74) is 5.89. The minimum absolute atomic E-state index is 0.245. The fourth-order valence-electron chi connectivity index (χ4n) is 3.43. The maximum Gasteiger partial charge on any atom is 0.260 e. The molecule has 1 N–H and O–H groups in total. The predicted octanol–water partition coefficient (Wildman–Crippen LogP) is 5.22. The molecule has 0 atom stereocenters. The highest BCUT2D eigenvalue weighted by atomic mass is 79.9. The van der Waals surface area contributed by atoms with Crippen molar-refractivity contribution in [1.29, 1.82) is 0 Å². The largest absolute Gasteiger partial charge is 0.493 e. The minimum Gasteiger partial charge on any atom is -0.493 e. The molecule has 0 saturated carbocycles. The molecule has 3 aromatic rings. The quantitative estimate of drug-likeness (QED) is 0.251. The number of methoxy groups -OCH3 is 1. The number of carbonyl (C=O) groups excluding carboxylic acids is 1. The second kappa shape index (κ2) is 12.4. The molecule has 0 bridgehead atoms. The lowest BCUT2D eigenvalue weighted by atomic mass is 10.1. The monoisotopic (exact) mass is 607 g/mol. The fraction of sp³-hybridized carbons (Fsp3) is 0.231. The van der Waals surface area contributed by atoms with Crippen molar-refractivity contribution in [1.82, 2.24) is 5.43 Å². The number of sulfonamides is 1. The lowest BCUT2D eigenvalue weighted by Gasteiger charge is -2.23. The molecular formula is C26H27BrClN3O5S. The van der Waals surface area contributed by atoms with Gasteiger partial charge in [-0.25, -0.2) is 13.8 Å². The van der Waals surface area contributed by atoms with Crippen molar-refractivity contribution >= 4 is 55.4 Å². The number of hydrogen-bond acceptors (Lipinski definition) is 6. The molecule has 0 heterocycles. The van der Waals surface area contributed by atoms with Crippen molar-refractivity contribution in [2.45, 2.75) is 20.5 Å². The van der Waals surface area contributed by atoms with Gasteiger partial charge in [-0.3, -0.25) is 9.10 Å². The van der Waals surface area contributed by atoms with Crippen molar-refractivity contribution in [2.75, 3.05) is 24.2 Å². The number of amides is 1. The molecule has 0 aliphatic heterocycles. The minimum atomic E-state index is -3.70. The predicted molar refractivity (Wildman–Crippen MR) is 150 cm³/mol. The summed E-state index contributed by atoms with van der Waals surface area (Å²) >= 11 is 9.69. The Hall–Kier alpha value is -3.08. The number of aryl methyl sites for hydroxylation is 2. The second-order valence-electron chi connectivity index (χ2n) is 8.27. The number of hydrazone groups is 1. The number of nitrogens with one attached hydrogen (secondary N) is 1. The molecule has 0 aromatic heterocycles. The van der Waals surface area contributed by atoms with Crippen LogP contribution in [0.2, 0.25) is 5.02 Å². The molecule has 0 aliphatic carbocycles. The number of ether oxygens (including phenoxy) is 2. The Kier molecular flexibility index (Phi) is 9.58. The zero-order valence-electron chi connectivity index (χ0n) is 20.8. The normalized spacial score (nSPS) is 11.4. The van der Waals surface area contributed by atoms with Gasteiger partial charge in [0.1, 0.15) is 13.2 Å². The standard InChI is InChI=1S/C26H27BrClN3O5S/c1-17-9-10-18(2)23(11-17)31(37(4,33)34)15-25(32)30-29-14-19-12-21(27)26(24(13-19)35-3)36-16-20-7-5-6-8-22(20)28/h5-14H,15-16H2,1-4H3,(H,30,32)/b29-14-. The number of carbonyl (C=O) groups is 1. The molecule has 8 nitrogen and oxygen atoms in total. The summed E-state index contributed by atoms with van der Waals surface area (Å²) in [6, 6.07) is 16.2. The van der Waals surface area contributed by atoms with Crippen LogP contribution in [0.1, 0.15) is 22.3 Å². The highest BCUT2D eigenvalue weighted by molar-refractivity contribution is 9.10. The van der Waals surface area contributed by atoms with Crippen LogP contribution in [0, 0.1) is 13.8 Å². The van der Waals surface area contributed by atoms with Gasteiger partial charge in [-0.1, -0.05) is 41.9 Å². The maximum absolute atomic E-state index is 12.6. The Morgan fingerprint density at radius 3 is 2.57 bits per heavy atom. The molecule has 196 valence electrons. The summed E-state index contributed by atoms with van der Waals surface area (Å²) in [6.07, 6.45) is 2.48. The van der Waals surface area contributed by atoms with E-state index in [0.29, 0.717) is 32.2 Å². The number of anilines is 1. The van der Waals surface area contributed by atoms with Gasteiger partial charge in [-0.2, -0.15) is 5.10 Å². The molecule has 0 saturated heterocycles. The number of benzene rings is 3. The average Bonchev–Trinajstić information content (AvgIpc) is 2.83. The molecule has 0 aliphatic rings. The first-order valence-corrected chi connectivity index (χ1v) is 14.1. The van der Waals surface area contributed by atoms with Gasteiger partial charge >= 0.3 is 0 Å². The summed E-state index contributed by atoms with van der Waals surface area (Å²) in [7, 11) is -2.19. The second-order valence-corrected chi connectivity index (χ2v) is 11.4. The molecule has 3 rings (SSSR count). The highest BCUT2D eigenvalue weighted by Gasteiger charge is 2.22. The van der Waals surface area contributed by atoms with Crippen LogP contribution in [0.5, 0.6) is 11.5 Å². The van der Waals surface area contributed by atoms with E-state index >= 15 is 0 Å². The van der Waals surface area contributed by atoms with Gasteiger partial charge in [0.15, 0.2) is 11.5 Å². The first-order chi connectivity index (χ1) is 17.5. The van der Waals surface area contributed by atoms with E-state index in [4.69, 9.17) is 21.1 Å².